The van der Waals surface area contributed by atoms with Crippen LogP contribution in [-0.4, -0.2) is 48.2 Å². The number of carbonyl (C=O) groups is 1. The molecule has 116 valence electrons. The first kappa shape index (κ1) is 15.8. The molecular weight excluding hydrogens is 252 g/mol. The van der Waals surface area contributed by atoms with E-state index in [0.717, 1.165) is 44.9 Å². The Kier molecular flexibility index (Phi) is 5.08. The summed E-state index contributed by atoms with van der Waals surface area (Å²) in [5.74, 6) is 0.464. The highest BCUT2D eigenvalue weighted by atomic mass is 16.4. The van der Waals surface area contributed by atoms with Crippen LogP contribution in [0.4, 0.5) is 0 Å². The summed E-state index contributed by atoms with van der Waals surface area (Å²) in [5.41, 5.74) is 0.360. The number of hydrogen-bond acceptors (Lipinski definition) is 3. The topological polar surface area (TPSA) is 52.6 Å². The molecule has 2 N–H and O–H groups in total. The minimum atomic E-state index is -0.619. The van der Waals surface area contributed by atoms with E-state index in [9.17, 15) is 9.90 Å². The average Bonchev–Trinajstić information content (AvgIpc) is 2.39. The normalized spacial score (nSPS) is 30.9. The molecule has 20 heavy (non-hydrogen) atoms. The van der Waals surface area contributed by atoms with E-state index >= 15 is 0 Å². The van der Waals surface area contributed by atoms with Crippen molar-refractivity contribution in [3.8, 4) is 0 Å². The van der Waals surface area contributed by atoms with Gasteiger partial charge >= 0.3 is 5.97 Å². The highest BCUT2D eigenvalue weighted by Crippen LogP contribution is 2.41. The molecule has 0 aromatic heterocycles. The molecule has 0 radical (unpaired) electrons. The van der Waals surface area contributed by atoms with Crippen molar-refractivity contribution in [1.29, 1.82) is 0 Å². The second-order valence-corrected chi connectivity index (χ2v) is 7.55. The average molecular weight is 282 g/mol. The van der Waals surface area contributed by atoms with Crippen molar-refractivity contribution in [1.82, 2.24) is 10.2 Å². The molecule has 2 aliphatic rings. The Balaban J connectivity index is 1.96. The first-order valence-corrected chi connectivity index (χ1v) is 8.07. The van der Waals surface area contributed by atoms with Gasteiger partial charge in [-0.1, -0.05) is 20.8 Å². The smallest absolute Gasteiger partial charge is 0.321 e. The molecule has 1 saturated carbocycles. The number of piperazine rings is 1. The van der Waals surface area contributed by atoms with Gasteiger partial charge in [0, 0.05) is 26.2 Å². The van der Waals surface area contributed by atoms with Gasteiger partial charge in [-0.15, -0.1) is 0 Å². The van der Waals surface area contributed by atoms with E-state index in [0.29, 0.717) is 11.3 Å². The minimum absolute atomic E-state index is 0.266. The summed E-state index contributed by atoms with van der Waals surface area (Å²) in [5, 5.41) is 12.9. The van der Waals surface area contributed by atoms with E-state index in [-0.39, 0.29) is 6.04 Å². The lowest BCUT2D eigenvalue weighted by Gasteiger charge is -2.42. The summed E-state index contributed by atoms with van der Waals surface area (Å²) in [6.07, 6.45) is 4.51. The largest absolute Gasteiger partial charge is 0.480 e. The maximum absolute atomic E-state index is 11.7. The van der Waals surface area contributed by atoms with Gasteiger partial charge in [-0.25, -0.2) is 0 Å². The Morgan fingerprint density at radius 3 is 2.15 bits per heavy atom. The number of nitrogens with one attached hydrogen (secondary N) is 1. The molecule has 0 spiro atoms. The highest BCUT2D eigenvalue weighted by molar-refractivity contribution is 5.74. The highest BCUT2D eigenvalue weighted by Gasteiger charge is 2.38. The molecule has 1 aliphatic heterocycles. The van der Waals surface area contributed by atoms with E-state index in [2.05, 4.69) is 31.0 Å². The zero-order valence-corrected chi connectivity index (χ0v) is 13.2. The molecular formula is C16H30N2O2. The second-order valence-electron chi connectivity index (χ2n) is 7.55. The second kappa shape index (κ2) is 6.44. The van der Waals surface area contributed by atoms with Crippen LogP contribution in [0.2, 0.25) is 0 Å². The van der Waals surface area contributed by atoms with Gasteiger partial charge < -0.3 is 10.4 Å². The summed E-state index contributed by atoms with van der Waals surface area (Å²) in [4.78, 5) is 13.9. The molecule has 0 bridgehead atoms. The third-order valence-corrected chi connectivity index (χ3v) is 5.24. The summed E-state index contributed by atoms with van der Waals surface area (Å²) in [7, 11) is 0. The zero-order valence-electron chi connectivity index (χ0n) is 13.2. The maximum atomic E-state index is 11.7. The number of carboxylic acids is 1. The van der Waals surface area contributed by atoms with Gasteiger partial charge in [0.05, 0.1) is 0 Å². The third-order valence-electron chi connectivity index (χ3n) is 5.24. The Hall–Kier alpha value is -0.610. The van der Waals surface area contributed by atoms with Gasteiger partial charge in [0.25, 0.3) is 0 Å². The van der Waals surface area contributed by atoms with Crippen molar-refractivity contribution < 1.29 is 9.90 Å². The fraction of sp³-hybridized carbons (Fsp3) is 0.938. The molecule has 1 saturated heterocycles. The number of hydrogen-bond donors (Lipinski definition) is 2. The SMILES string of the molecule is CC(C)(C)C1CCC(C(C(=O)O)N2CCNCC2)CC1. The standard InChI is InChI=1S/C16H30N2O2/c1-16(2,3)13-6-4-12(5-7-13)14(15(19)20)18-10-8-17-9-11-18/h12-14,17H,4-11H2,1-3H3,(H,19,20). The number of aliphatic carboxylic acids is 1. The lowest BCUT2D eigenvalue weighted by molar-refractivity contribution is -0.146. The fourth-order valence-electron chi connectivity index (χ4n) is 3.92. The van der Waals surface area contributed by atoms with Crippen LogP contribution in [0.1, 0.15) is 46.5 Å². The molecule has 1 atom stereocenters. The molecule has 2 fully saturated rings. The first-order chi connectivity index (χ1) is 9.39. The molecule has 0 amide bonds. The van der Waals surface area contributed by atoms with Gasteiger partial charge in [-0.2, -0.15) is 0 Å². The van der Waals surface area contributed by atoms with Crippen LogP contribution in [0.3, 0.4) is 0 Å². The van der Waals surface area contributed by atoms with E-state index < -0.39 is 5.97 Å². The van der Waals surface area contributed by atoms with Crippen molar-refractivity contribution in [2.75, 3.05) is 26.2 Å². The number of nitrogens with zero attached hydrogens (tertiary/aromatic N) is 1. The van der Waals surface area contributed by atoms with E-state index in [1.165, 1.54) is 12.8 Å². The first-order valence-electron chi connectivity index (χ1n) is 8.07. The van der Waals surface area contributed by atoms with E-state index in [1.54, 1.807) is 0 Å². The van der Waals surface area contributed by atoms with Crippen LogP contribution in [-0.2, 0) is 4.79 Å². The molecule has 4 heteroatoms. The maximum Gasteiger partial charge on any atom is 0.321 e. The van der Waals surface area contributed by atoms with E-state index in [1.807, 2.05) is 0 Å². The van der Waals surface area contributed by atoms with Crippen molar-refractivity contribution in [3.63, 3.8) is 0 Å². The summed E-state index contributed by atoms with van der Waals surface area (Å²) < 4.78 is 0. The van der Waals surface area contributed by atoms with Crippen LogP contribution < -0.4 is 5.32 Å². The van der Waals surface area contributed by atoms with Crippen LogP contribution in [0.15, 0.2) is 0 Å². The van der Waals surface area contributed by atoms with Crippen LogP contribution >= 0.6 is 0 Å². The molecule has 2 rings (SSSR count). The van der Waals surface area contributed by atoms with Gasteiger partial charge in [0.2, 0.25) is 0 Å². The van der Waals surface area contributed by atoms with Crippen molar-refractivity contribution in [2.24, 2.45) is 17.3 Å². The Morgan fingerprint density at radius 2 is 1.70 bits per heavy atom. The fourth-order valence-corrected chi connectivity index (χ4v) is 3.92. The molecule has 0 aromatic rings. The van der Waals surface area contributed by atoms with Crippen LogP contribution in [0.5, 0.6) is 0 Å². The van der Waals surface area contributed by atoms with E-state index in [4.69, 9.17) is 0 Å². The van der Waals surface area contributed by atoms with Crippen molar-refractivity contribution in [2.45, 2.75) is 52.5 Å². The number of rotatable bonds is 3. The van der Waals surface area contributed by atoms with Crippen LogP contribution in [0, 0.1) is 17.3 Å². The third kappa shape index (κ3) is 3.73. The number of carboxylic acid groups (broad SMARTS) is 1. The Bertz CT molecular complexity index is 324. The Labute approximate surface area is 122 Å². The zero-order chi connectivity index (χ0) is 14.8. The minimum Gasteiger partial charge on any atom is -0.480 e. The van der Waals surface area contributed by atoms with Gasteiger partial charge in [-0.3, -0.25) is 9.69 Å². The van der Waals surface area contributed by atoms with Crippen LogP contribution in [0.25, 0.3) is 0 Å². The van der Waals surface area contributed by atoms with Gasteiger partial charge in [0.1, 0.15) is 6.04 Å². The quantitative estimate of drug-likeness (QED) is 0.833. The predicted molar refractivity (Wildman–Crippen MR) is 80.8 cm³/mol. The van der Waals surface area contributed by atoms with Crippen molar-refractivity contribution in [3.05, 3.63) is 0 Å². The lowest BCUT2D eigenvalue weighted by Crippen LogP contribution is -2.54. The molecule has 4 nitrogen and oxygen atoms in total. The monoisotopic (exact) mass is 282 g/mol. The predicted octanol–water partition coefficient (Wildman–Crippen LogP) is 2.20. The molecule has 1 unspecified atom stereocenters. The van der Waals surface area contributed by atoms with Gasteiger partial charge in [-0.05, 0) is 42.9 Å². The van der Waals surface area contributed by atoms with Gasteiger partial charge in [0.15, 0.2) is 0 Å². The molecule has 1 aliphatic carbocycles. The summed E-state index contributed by atoms with van der Waals surface area (Å²) in [6, 6.07) is -0.266. The molecule has 0 aromatic carbocycles. The summed E-state index contributed by atoms with van der Waals surface area (Å²) in [6.45, 7) is 10.5. The molecule has 1 heterocycles. The van der Waals surface area contributed by atoms with Crippen molar-refractivity contribution >= 4 is 5.97 Å². The summed E-state index contributed by atoms with van der Waals surface area (Å²) >= 11 is 0. The Morgan fingerprint density at radius 1 is 1.15 bits per heavy atom. The lowest BCUT2D eigenvalue weighted by atomic mass is 9.68.